The second-order valence-corrected chi connectivity index (χ2v) is 6.56. The minimum Gasteiger partial charge on any atom is -0.294 e. The van der Waals surface area contributed by atoms with E-state index in [-0.39, 0.29) is 5.78 Å². The Bertz CT molecular complexity index is 885. The van der Waals surface area contributed by atoms with Crippen molar-refractivity contribution < 1.29 is 4.79 Å². The van der Waals surface area contributed by atoms with Crippen molar-refractivity contribution in [2.24, 2.45) is 0 Å². The summed E-state index contributed by atoms with van der Waals surface area (Å²) in [5, 5.41) is 0.569. The second-order valence-electron chi connectivity index (χ2n) is 6.15. The number of allylic oxidation sites excluding steroid dienone is 5. The third-order valence-electron chi connectivity index (χ3n) is 4.20. The third-order valence-corrected chi connectivity index (χ3v) is 4.51. The first-order valence-electron chi connectivity index (χ1n) is 8.26. The lowest BCUT2D eigenvalue weighted by Crippen LogP contribution is -1.99. The minimum atomic E-state index is -0.0221. The quantitative estimate of drug-likeness (QED) is 0.427. The topological polar surface area (TPSA) is 17.1 Å². The van der Waals surface area contributed by atoms with Crippen LogP contribution in [0.2, 0.25) is 5.02 Å². The molecular weight excluding hydrogens is 328 g/mol. The van der Waals surface area contributed by atoms with Crippen LogP contribution in [0, 0.1) is 6.92 Å². The highest BCUT2D eigenvalue weighted by atomic mass is 35.5. The average molecular weight is 351 g/mol. The molecule has 0 heterocycles. The van der Waals surface area contributed by atoms with Crippen molar-refractivity contribution in [1.29, 1.82) is 0 Å². The van der Waals surface area contributed by atoms with Gasteiger partial charge in [-0.05, 0) is 62.1 Å². The monoisotopic (exact) mass is 350 g/mol. The van der Waals surface area contributed by atoms with Crippen LogP contribution in [0.1, 0.15) is 31.9 Å². The van der Waals surface area contributed by atoms with Gasteiger partial charge in [-0.3, -0.25) is 4.79 Å². The zero-order chi connectivity index (χ0) is 18.6. The zero-order valence-electron chi connectivity index (χ0n) is 15.2. The number of benzene rings is 2. The van der Waals surface area contributed by atoms with Crippen molar-refractivity contribution >= 4 is 23.0 Å². The van der Waals surface area contributed by atoms with Crippen LogP contribution < -0.4 is 0 Å². The van der Waals surface area contributed by atoms with Crippen LogP contribution in [0.3, 0.4) is 0 Å². The molecule has 0 spiro atoms. The number of hydrogen-bond donors (Lipinski definition) is 0. The molecule has 2 aromatic rings. The van der Waals surface area contributed by atoms with Crippen LogP contribution in [-0.4, -0.2) is 5.78 Å². The van der Waals surface area contributed by atoms with Gasteiger partial charge in [0.15, 0.2) is 5.78 Å². The fourth-order valence-electron chi connectivity index (χ4n) is 2.78. The number of rotatable bonds is 5. The van der Waals surface area contributed by atoms with Gasteiger partial charge in [-0.2, -0.15) is 0 Å². The maximum atomic E-state index is 12.2. The molecule has 0 fully saturated rings. The van der Waals surface area contributed by atoms with E-state index >= 15 is 0 Å². The van der Waals surface area contributed by atoms with Crippen LogP contribution in [0.5, 0.6) is 0 Å². The Labute approximate surface area is 155 Å². The molecule has 0 aliphatic carbocycles. The van der Waals surface area contributed by atoms with Crippen LogP contribution in [0.4, 0.5) is 0 Å². The largest absolute Gasteiger partial charge is 0.294 e. The van der Waals surface area contributed by atoms with E-state index in [4.69, 9.17) is 11.6 Å². The molecule has 0 unspecified atom stereocenters. The molecule has 0 aromatic heterocycles. The first-order chi connectivity index (χ1) is 11.8. The summed E-state index contributed by atoms with van der Waals surface area (Å²) in [6.07, 6.45) is 3.81. The number of aryl methyl sites for hydroxylation is 1. The van der Waals surface area contributed by atoms with Gasteiger partial charge in [0.1, 0.15) is 0 Å². The fourth-order valence-corrected chi connectivity index (χ4v) is 3.06. The summed E-state index contributed by atoms with van der Waals surface area (Å²) in [7, 11) is 0. The Balaban J connectivity index is 2.55. The van der Waals surface area contributed by atoms with E-state index in [2.05, 4.69) is 25.6 Å². The third kappa shape index (κ3) is 4.37. The van der Waals surface area contributed by atoms with Gasteiger partial charge in [-0.25, -0.2) is 0 Å². The van der Waals surface area contributed by atoms with Gasteiger partial charge in [-0.1, -0.05) is 66.2 Å². The van der Waals surface area contributed by atoms with Crippen molar-refractivity contribution in [2.75, 3.05) is 0 Å². The Morgan fingerprint density at radius 1 is 1.12 bits per heavy atom. The van der Waals surface area contributed by atoms with Crippen LogP contribution >= 0.6 is 11.6 Å². The molecule has 0 aliphatic rings. The SMILES string of the molecule is C=C(C)C(=C\C)/C=C(\C(C)=O)c1ccc(-c2ccccc2C)cc1Cl. The predicted molar refractivity (Wildman–Crippen MR) is 109 cm³/mol. The fraction of sp³-hybridized carbons (Fsp3) is 0.174. The van der Waals surface area contributed by atoms with Crippen molar-refractivity contribution in [3.63, 3.8) is 0 Å². The first-order valence-corrected chi connectivity index (χ1v) is 8.63. The second kappa shape index (κ2) is 8.13. The van der Waals surface area contributed by atoms with Gasteiger partial charge in [-0.15, -0.1) is 0 Å². The molecule has 0 atom stereocenters. The average Bonchev–Trinajstić information content (AvgIpc) is 2.56. The molecule has 2 rings (SSSR count). The molecule has 0 bridgehead atoms. The number of carbonyl (C=O) groups excluding carboxylic acids is 1. The number of Topliss-reactive ketones (excluding diaryl/α,β-unsaturated/α-hetero) is 1. The summed E-state index contributed by atoms with van der Waals surface area (Å²) in [4.78, 5) is 12.2. The predicted octanol–water partition coefficient (Wildman–Crippen LogP) is 6.81. The Hall–Kier alpha value is -2.38. The van der Waals surface area contributed by atoms with Crippen molar-refractivity contribution in [1.82, 2.24) is 0 Å². The highest BCUT2D eigenvalue weighted by molar-refractivity contribution is 6.35. The molecule has 0 saturated heterocycles. The summed E-state index contributed by atoms with van der Waals surface area (Å²) in [5.41, 5.74) is 6.55. The molecule has 2 heteroatoms. The molecular formula is C23H23ClO. The van der Waals surface area contributed by atoms with E-state index in [9.17, 15) is 4.79 Å². The molecule has 0 N–H and O–H groups in total. The Morgan fingerprint density at radius 3 is 2.32 bits per heavy atom. The Morgan fingerprint density at radius 2 is 1.80 bits per heavy atom. The van der Waals surface area contributed by atoms with Gasteiger partial charge in [0.2, 0.25) is 0 Å². The summed E-state index contributed by atoms with van der Waals surface area (Å²) in [5.74, 6) is -0.0221. The van der Waals surface area contributed by atoms with E-state index in [1.54, 1.807) is 6.92 Å². The summed E-state index contributed by atoms with van der Waals surface area (Å²) >= 11 is 6.54. The van der Waals surface area contributed by atoms with Crippen LogP contribution in [-0.2, 0) is 4.79 Å². The molecule has 2 aromatic carbocycles. The van der Waals surface area contributed by atoms with Gasteiger partial charge >= 0.3 is 0 Å². The highest BCUT2D eigenvalue weighted by Crippen LogP contribution is 2.32. The number of halogens is 1. The van der Waals surface area contributed by atoms with Gasteiger partial charge in [0.05, 0.1) is 0 Å². The maximum Gasteiger partial charge on any atom is 0.160 e. The number of hydrogen-bond acceptors (Lipinski definition) is 1. The molecule has 0 amide bonds. The molecule has 0 aliphatic heterocycles. The Kier molecular flexibility index (Phi) is 6.17. The van der Waals surface area contributed by atoms with Gasteiger partial charge in [0.25, 0.3) is 0 Å². The minimum absolute atomic E-state index is 0.0221. The van der Waals surface area contributed by atoms with Gasteiger partial charge < -0.3 is 0 Å². The molecule has 128 valence electrons. The van der Waals surface area contributed by atoms with E-state index in [0.29, 0.717) is 10.6 Å². The molecule has 0 saturated carbocycles. The van der Waals surface area contributed by atoms with Crippen LogP contribution in [0.25, 0.3) is 16.7 Å². The lowest BCUT2D eigenvalue weighted by atomic mass is 9.94. The molecule has 1 nitrogen and oxygen atoms in total. The number of carbonyl (C=O) groups is 1. The first kappa shape index (κ1) is 19.0. The standard InChI is InChI=1S/C23H23ClO/c1-6-18(15(2)3)13-22(17(5)25)21-12-11-19(14-23(21)24)20-10-8-7-9-16(20)4/h6-14H,2H2,1,3-5H3/b18-6-,22-13+. The maximum absolute atomic E-state index is 12.2. The summed E-state index contributed by atoms with van der Waals surface area (Å²) in [6, 6.07) is 14.0. The molecule has 0 radical (unpaired) electrons. The normalized spacial score (nSPS) is 12.2. The lowest BCUT2D eigenvalue weighted by molar-refractivity contribution is -0.111. The summed E-state index contributed by atoms with van der Waals surface area (Å²) in [6.45, 7) is 11.4. The van der Waals surface area contributed by atoms with Crippen LogP contribution in [0.15, 0.2) is 72.3 Å². The van der Waals surface area contributed by atoms with Crippen molar-refractivity contribution in [3.8, 4) is 11.1 Å². The van der Waals surface area contributed by atoms with E-state index in [1.165, 1.54) is 5.56 Å². The highest BCUT2D eigenvalue weighted by Gasteiger charge is 2.13. The smallest absolute Gasteiger partial charge is 0.160 e. The van der Waals surface area contributed by atoms with Crippen molar-refractivity contribution in [2.45, 2.75) is 27.7 Å². The lowest BCUT2D eigenvalue weighted by Gasteiger charge is -2.12. The van der Waals surface area contributed by atoms with E-state index < -0.39 is 0 Å². The number of ketones is 1. The zero-order valence-corrected chi connectivity index (χ0v) is 15.9. The van der Waals surface area contributed by atoms with Gasteiger partial charge in [0, 0.05) is 16.2 Å². The van der Waals surface area contributed by atoms with E-state index in [0.717, 1.165) is 27.8 Å². The van der Waals surface area contributed by atoms with Crippen molar-refractivity contribution in [3.05, 3.63) is 88.5 Å². The summed E-state index contributed by atoms with van der Waals surface area (Å²) < 4.78 is 0. The molecule has 25 heavy (non-hydrogen) atoms. The van der Waals surface area contributed by atoms with E-state index in [1.807, 2.05) is 56.3 Å².